The first-order chi connectivity index (χ1) is 11.3. The molecule has 2 aromatic heterocycles. The zero-order chi connectivity index (χ0) is 15.4. The summed E-state index contributed by atoms with van der Waals surface area (Å²) < 4.78 is 2.13. The summed E-state index contributed by atoms with van der Waals surface area (Å²) >= 11 is 0. The summed E-state index contributed by atoms with van der Waals surface area (Å²) in [5.41, 5.74) is 2.97. The molecule has 1 aromatic carbocycles. The predicted molar refractivity (Wildman–Crippen MR) is 90.7 cm³/mol. The van der Waals surface area contributed by atoms with E-state index >= 15 is 0 Å². The van der Waals surface area contributed by atoms with Gasteiger partial charge < -0.3 is 15.0 Å². The Morgan fingerprint density at radius 1 is 1.17 bits per heavy atom. The van der Waals surface area contributed by atoms with Crippen LogP contribution < -0.4 is 10.6 Å². The maximum Gasteiger partial charge on any atom is 0.251 e. The third-order valence-electron chi connectivity index (χ3n) is 5.36. The van der Waals surface area contributed by atoms with Crippen molar-refractivity contribution in [3.8, 4) is 0 Å². The fourth-order valence-electron chi connectivity index (χ4n) is 4.20. The van der Waals surface area contributed by atoms with Crippen molar-refractivity contribution in [2.45, 2.75) is 37.4 Å². The Morgan fingerprint density at radius 2 is 2.13 bits per heavy atom. The van der Waals surface area contributed by atoms with Crippen LogP contribution in [0.5, 0.6) is 0 Å². The first-order valence-corrected chi connectivity index (χ1v) is 8.35. The van der Waals surface area contributed by atoms with Gasteiger partial charge in [-0.15, -0.1) is 0 Å². The first kappa shape index (κ1) is 13.1. The molecule has 0 spiro atoms. The molecule has 2 N–H and O–H groups in total. The van der Waals surface area contributed by atoms with Crippen LogP contribution in [0.25, 0.3) is 16.4 Å². The summed E-state index contributed by atoms with van der Waals surface area (Å²) in [5, 5.41) is 7.95. The molecular weight excluding hydrogens is 286 g/mol. The van der Waals surface area contributed by atoms with E-state index in [0.717, 1.165) is 28.4 Å². The van der Waals surface area contributed by atoms with E-state index in [0.29, 0.717) is 12.1 Å². The van der Waals surface area contributed by atoms with Gasteiger partial charge in [0.15, 0.2) is 0 Å². The number of carbonyl (C=O) groups is 1. The molecule has 0 aliphatic carbocycles. The average molecular weight is 305 g/mol. The minimum atomic E-state index is 0.0390. The Labute approximate surface area is 134 Å². The van der Waals surface area contributed by atoms with Gasteiger partial charge in [-0.05, 0) is 49.6 Å². The Balaban J connectivity index is 1.47. The molecule has 0 radical (unpaired) electrons. The van der Waals surface area contributed by atoms with E-state index in [-0.39, 0.29) is 11.9 Å². The standard InChI is InChI=1S/C19H19N3O/c23-19(21-17-11-14-6-7-16(17)20-14)13-5-4-12-9-15-3-1-2-8-22(15)18(12)10-13/h1-5,8-10,14,16-17,20H,6-7,11H2,(H,21,23). The Bertz CT molecular complexity index is 913. The Kier molecular flexibility index (Phi) is 2.76. The maximum absolute atomic E-state index is 12.6. The number of aromatic nitrogens is 1. The van der Waals surface area contributed by atoms with Crippen LogP contribution in [-0.2, 0) is 0 Å². The van der Waals surface area contributed by atoms with Gasteiger partial charge in [0, 0.05) is 40.8 Å². The fraction of sp³-hybridized carbons (Fsp3) is 0.316. The number of amides is 1. The molecule has 4 nitrogen and oxygen atoms in total. The second kappa shape index (κ2) is 4.83. The number of nitrogens with zero attached hydrogens (tertiary/aromatic N) is 1. The molecule has 2 bridgehead atoms. The smallest absolute Gasteiger partial charge is 0.251 e. The quantitative estimate of drug-likeness (QED) is 0.764. The number of carbonyl (C=O) groups excluding carboxylic acids is 1. The van der Waals surface area contributed by atoms with Gasteiger partial charge in [0.2, 0.25) is 0 Å². The number of benzene rings is 1. The lowest BCUT2D eigenvalue weighted by Crippen LogP contribution is -2.42. The van der Waals surface area contributed by atoms with Gasteiger partial charge in [-0.1, -0.05) is 12.1 Å². The monoisotopic (exact) mass is 305 g/mol. The molecule has 3 unspecified atom stereocenters. The van der Waals surface area contributed by atoms with Crippen molar-refractivity contribution in [2.24, 2.45) is 0 Å². The van der Waals surface area contributed by atoms with Gasteiger partial charge in [-0.3, -0.25) is 4.79 Å². The summed E-state index contributed by atoms with van der Waals surface area (Å²) in [6, 6.07) is 15.6. The number of nitrogens with one attached hydrogen (secondary N) is 2. The highest BCUT2D eigenvalue weighted by Gasteiger charge is 2.39. The summed E-state index contributed by atoms with van der Waals surface area (Å²) in [6.45, 7) is 0. The van der Waals surface area contributed by atoms with Crippen molar-refractivity contribution in [3.63, 3.8) is 0 Å². The Hall–Kier alpha value is -2.33. The molecule has 2 aliphatic heterocycles. The molecule has 4 heteroatoms. The molecule has 2 saturated heterocycles. The second-order valence-electron chi connectivity index (χ2n) is 6.78. The van der Waals surface area contributed by atoms with E-state index in [9.17, 15) is 4.79 Å². The van der Waals surface area contributed by atoms with Crippen LogP contribution in [0.2, 0.25) is 0 Å². The number of fused-ring (bicyclic) bond motifs is 5. The number of pyridine rings is 1. The number of hydrogen-bond acceptors (Lipinski definition) is 2. The SMILES string of the molecule is O=C(NC1CC2CCC1N2)c1ccc2cc3ccccn3c2c1. The van der Waals surface area contributed by atoms with E-state index in [1.807, 2.05) is 36.5 Å². The topological polar surface area (TPSA) is 45.5 Å². The number of hydrogen-bond donors (Lipinski definition) is 2. The van der Waals surface area contributed by atoms with Gasteiger partial charge in [0.1, 0.15) is 0 Å². The van der Waals surface area contributed by atoms with Gasteiger partial charge in [0.05, 0.1) is 5.52 Å². The molecule has 116 valence electrons. The van der Waals surface area contributed by atoms with E-state index in [1.165, 1.54) is 12.8 Å². The third-order valence-corrected chi connectivity index (χ3v) is 5.36. The van der Waals surface area contributed by atoms with Crippen LogP contribution >= 0.6 is 0 Å². The second-order valence-corrected chi connectivity index (χ2v) is 6.78. The molecular formula is C19H19N3O. The lowest BCUT2D eigenvalue weighted by Gasteiger charge is -2.21. The van der Waals surface area contributed by atoms with Gasteiger partial charge in [-0.25, -0.2) is 0 Å². The van der Waals surface area contributed by atoms with Crippen molar-refractivity contribution in [1.82, 2.24) is 15.0 Å². The molecule has 2 fully saturated rings. The van der Waals surface area contributed by atoms with Crippen LogP contribution in [0.3, 0.4) is 0 Å². The molecule has 1 amide bonds. The average Bonchev–Trinajstić information content (AvgIpc) is 3.27. The van der Waals surface area contributed by atoms with Crippen LogP contribution in [0.15, 0.2) is 48.7 Å². The van der Waals surface area contributed by atoms with Crippen LogP contribution in [0.4, 0.5) is 0 Å². The molecule has 5 rings (SSSR count). The summed E-state index contributed by atoms with van der Waals surface area (Å²) in [5.74, 6) is 0.0390. The minimum absolute atomic E-state index is 0.0390. The normalized spacial score (nSPS) is 26.2. The molecule has 4 heterocycles. The zero-order valence-corrected chi connectivity index (χ0v) is 12.8. The van der Waals surface area contributed by atoms with Crippen LogP contribution in [0, 0.1) is 0 Å². The van der Waals surface area contributed by atoms with E-state index in [2.05, 4.69) is 27.2 Å². The summed E-state index contributed by atoms with van der Waals surface area (Å²) in [4.78, 5) is 12.6. The summed E-state index contributed by atoms with van der Waals surface area (Å²) in [7, 11) is 0. The molecule has 0 saturated carbocycles. The molecule has 2 aliphatic rings. The summed E-state index contributed by atoms with van der Waals surface area (Å²) in [6.07, 6.45) is 5.53. The van der Waals surface area contributed by atoms with E-state index < -0.39 is 0 Å². The van der Waals surface area contributed by atoms with E-state index in [4.69, 9.17) is 0 Å². The Morgan fingerprint density at radius 3 is 2.96 bits per heavy atom. The van der Waals surface area contributed by atoms with Gasteiger partial charge >= 0.3 is 0 Å². The lowest BCUT2D eigenvalue weighted by atomic mass is 9.95. The van der Waals surface area contributed by atoms with Crippen LogP contribution in [-0.4, -0.2) is 28.4 Å². The molecule has 23 heavy (non-hydrogen) atoms. The van der Waals surface area contributed by atoms with Crippen molar-refractivity contribution in [3.05, 3.63) is 54.2 Å². The number of rotatable bonds is 2. The molecule has 3 atom stereocenters. The largest absolute Gasteiger partial charge is 0.348 e. The van der Waals surface area contributed by atoms with Gasteiger partial charge in [-0.2, -0.15) is 0 Å². The van der Waals surface area contributed by atoms with Crippen molar-refractivity contribution in [1.29, 1.82) is 0 Å². The van der Waals surface area contributed by atoms with Crippen LogP contribution in [0.1, 0.15) is 29.6 Å². The third kappa shape index (κ3) is 2.05. The minimum Gasteiger partial charge on any atom is -0.348 e. The van der Waals surface area contributed by atoms with Gasteiger partial charge in [0.25, 0.3) is 5.91 Å². The van der Waals surface area contributed by atoms with Crippen molar-refractivity contribution in [2.75, 3.05) is 0 Å². The highest BCUT2D eigenvalue weighted by Crippen LogP contribution is 2.28. The lowest BCUT2D eigenvalue weighted by molar-refractivity contribution is 0.0931. The maximum atomic E-state index is 12.6. The highest BCUT2D eigenvalue weighted by molar-refractivity contribution is 5.99. The van der Waals surface area contributed by atoms with Crippen molar-refractivity contribution < 1.29 is 4.79 Å². The van der Waals surface area contributed by atoms with E-state index in [1.54, 1.807) is 0 Å². The highest BCUT2D eigenvalue weighted by atomic mass is 16.1. The van der Waals surface area contributed by atoms with Crippen molar-refractivity contribution >= 4 is 22.3 Å². The first-order valence-electron chi connectivity index (χ1n) is 8.35. The molecule has 3 aromatic rings. The predicted octanol–water partition coefficient (Wildman–Crippen LogP) is 2.72. The zero-order valence-electron chi connectivity index (χ0n) is 12.8. The fourth-order valence-corrected chi connectivity index (χ4v) is 4.20.